The van der Waals surface area contributed by atoms with Gasteiger partial charge in [0, 0.05) is 51.1 Å². The van der Waals surface area contributed by atoms with Crippen molar-refractivity contribution in [1.82, 2.24) is 15.1 Å². The lowest BCUT2D eigenvalue weighted by Crippen LogP contribution is -2.47. The summed E-state index contributed by atoms with van der Waals surface area (Å²) < 4.78 is 0. The Bertz CT molecular complexity index is 276. The molecule has 0 radical (unpaired) electrons. The topological polar surface area (TPSA) is 35.6 Å². The normalized spacial score (nSPS) is 29.1. The molecule has 0 aromatic heterocycles. The van der Waals surface area contributed by atoms with Gasteiger partial charge in [-0.3, -0.25) is 4.79 Å². The van der Waals surface area contributed by atoms with E-state index in [1.165, 1.54) is 6.42 Å². The van der Waals surface area contributed by atoms with Gasteiger partial charge in [0.1, 0.15) is 5.78 Å². The standard InChI is InChI=1S/C14H27N3O/c1-12(10-17-8-5-15-6-9-17)14(18)13-4-3-7-16(2)11-13/h12-13,15H,3-11H2,1-2H3. The summed E-state index contributed by atoms with van der Waals surface area (Å²) in [5, 5.41) is 3.35. The zero-order chi connectivity index (χ0) is 13.0. The molecule has 4 nitrogen and oxygen atoms in total. The van der Waals surface area contributed by atoms with Crippen molar-refractivity contribution in [1.29, 1.82) is 0 Å². The SMILES string of the molecule is CC(CN1CCNCC1)C(=O)C1CCCN(C)C1. The van der Waals surface area contributed by atoms with Crippen LogP contribution < -0.4 is 5.32 Å². The van der Waals surface area contributed by atoms with Crippen molar-refractivity contribution in [3.05, 3.63) is 0 Å². The quantitative estimate of drug-likeness (QED) is 0.788. The van der Waals surface area contributed by atoms with E-state index in [0.717, 1.165) is 52.2 Å². The Morgan fingerprint density at radius 1 is 1.33 bits per heavy atom. The number of nitrogens with one attached hydrogen (secondary N) is 1. The van der Waals surface area contributed by atoms with Crippen LogP contribution in [0, 0.1) is 11.8 Å². The monoisotopic (exact) mass is 253 g/mol. The largest absolute Gasteiger partial charge is 0.314 e. The number of nitrogens with zero attached hydrogens (tertiary/aromatic N) is 2. The molecular formula is C14H27N3O. The van der Waals surface area contributed by atoms with E-state index in [1.807, 2.05) is 0 Å². The molecule has 2 heterocycles. The summed E-state index contributed by atoms with van der Waals surface area (Å²) in [4.78, 5) is 17.2. The second kappa shape index (κ2) is 6.64. The van der Waals surface area contributed by atoms with Gasteiger partial charge in [0.25, 0.3) is 0 Å². The molecule has 104 valence electrons. The Morgan fingerprint density at radius 2 is 2.06 bits per heavy atom. The van der Waals surface area contributed by atoms with Gasteiger partial charge in [-0.1, -0.05) is 6.92 Å². The molecule has 0 aromatic carbocycles. The van der Waals surface area contributed by atoms with Gasteiger partial charge in [0.15, 0.2) is 0 Å². The van der Waals surface area contributed by atoms with E-state index < -0.39 is 0 Å². The Kier molecular flexibility index (Phi) is 5.15. The minimum absolute atomic E-state index is 0.194. The molecule has 2 fully saturated rings. The van der Waals surface area contributed by atoms with E-state index in [4.69, 9.17) is 0 Å². The van der Waals surface area contributed by atoms with Gasteiger partial charge in [-0.25, -0.2) is 0 Å². The highest BCUT2D eigenvalue weighted by atomic mass is 16.1. The number of carbonyl (C=O) groups is 1. The van der Waals surface area contributed by atoms with Gasteiger partial charge in [-0.2, -0.15) is 0 Å². The van der Waals surface area contributed by atoms with Crippen LogP contribution >= 0.6 is 0 Å². The summed E-state index contributed by atoms with van der Waals surface area (Å²) in [6, 6.07) is 0. The van der Waals surface area contributed by atoms with Crippen LogP contribution in [-0.4, -0.2) is 68.4 Å². The van der Waals surface area contributed by atoms with Crippen LogP contribution in [0.2, 0.25) is 0 Å². The molecular weight excluding hydrogens is 226 g/mol. The van der Waals surface area contributed by atoms with Crippen molar-refractivity contribution in [2.75, 3.05) is 52.9 Å². The predicted molar refractivity (Wildman–Crippen MR) is 73.7 cm³/mol. The lowest BCUT2D eigenvalue weighted by Gasteiger charge is -2.33. The zero-order valence-electron chi connectivity index (χ0n) is 11.8. The maximum absolute atomic E-state index is 12.4. The van der Waals surface area contributed by atoms with Gasteiger partial charge >= 0.3 is 0 Å². The molecule has 0 aromatic rings. The maximum atomic E-state index is 12.4. The first-order valence-electron chi connectivity index (χ1n) is 7.32. The smallest absolute Gasteiger partial charge is 0.141 e. The first kappa shape index (κ1) is 14.0. The Hall–Kier alpha value is -0.450. The molecule has 2 saturated heterocycles. The van der Waals surface area contributed by atoms with E-state index >= 15 is 0 Å². The summed E-state index contributed by atoms with van der Waals surface area (Å²) >= 11 is 0. The lowest BCUT2D eigenvalue weighted by atomic mass is 9.87. The van der Waals surface area contributed by atoms with Crippen molar-refractivity contribution >= 4 is 5.78 Å². The number of piperazine rings is 1. The highest BCUT2D eigenvalue weighted by Gasteiger charge is 2.28. The van der Waals surface area contributed by atoms with E-state index in [-0.39, 0.29) is 11.8 Å². The third-order valence-electron chi connectivity index (χ3n) is 4.25. The third-order valence-corrected chi connectivity index (χ3v) is 4.25. The highest BCUT2D eigenvalue weighted by Crippen LogP contribution is 2.20. The fourth-order valence-corrected chi connectivity index (χ4v) is 3.17. The lowest BCUT2D eigenvalue weighted by molar-refractivity contribution is -0.128. The molecule has 0 spiro atoms. The molecule has 2 unspecified atom stereocenters. The van der Waals surface area contributed by atoms with E-state index in [1.54, 1.807) is 0 Å². The Labute approximate surface area is 111 Å². The molecule has 18 heavy (non-hydrogen) atoms. The number of rotatable bonds is 4. The Balaban J connectivity index is 1.79. The van der Waals surface area contributed by atoms with E-state index in [0.29, 0.717) is 5.78 Å². The minimum atomic E-state index is 0.194. The second-order valence-corrected chi connectivity index (χ2v) is 5.96. The number of Topliss-reactive ketones (excluding diaryl/α,β-unsaturated/α-hetero) is 1. The molecule has 0 amide bonds. The third kappa shape index (κ3) is 3.77. The van der Waals surface area contributed by atoms with Crippen LogP contribution in [0.5, 0.6) is 0 Å². The van der Waals surface area contributed by atoms with Crippen molar-refractivity contribution in [2.45, 2.75) is 19.8 Å². The number of piperidine rings is 1. The molecule has 2 aliphatic rings. The first-order valence-corrected chi connectivity index (χ1v) is 7.32. The molecule has 0 aliphatic carbocycles. The number of likely N-dealkylation sites (tertiary alicyclic amines) is 1. The van der Waals surface area contributed by atoms with Gasteiger partial charge in [-0.15, -0.1) is 0 Å². The summed E-state index contributed by atoms with van der Waals surface area (Å²) in [6.45, 7) is 9.46. The molecule has 2 aliphatic heterocycles. The minimum Gasteiger partial charge on any atom is -0.314 e. The number of carbonyl (C=O) groups excluding carboxylic acids is 1. The zero-order valence-corrected chi connectivity index (χ0v) is 11.8. The van der Waals surface area contributed by atoms with Gasteiger partial charge in [0.05, 0.1) is 0 Å². The summed E-state index contributed by atoms with van der Waals surface area (Å²) in [5.74, 6) is 0.960. The second-order valence-electron chi connectivity index (χ2n) is 5.96. The molecule has 0 saturated carbocycles. The Morgan fingerprint density at radius 3 is 2.72 bits per heavy atom. The van der Waals surface area contributed by atoms with Crippen LogP contribution in [0.1, 0.15) is 19.8 Å². The van der Waals surface area contributed by atoms with Crippen LogP contribution in [0.4, 0.5) is 0 Å². The maximum Gasteiger partial charge on any atom is 0.141 e. The average Bonchev–Trinajstić information content (AvgIpc) is 2.39. The van der Waals surface area contributed by atoms with Crippen molar-refractivity contribution < 1.29 is 4.79 Å². The fraction of sp³-hybridized carbons (Fsp3) is 0.929. The highest BCUT2D eigenvalue weighted by molar-refractivity contribution is 5.83. The summed E-state index contributed by atoms with van der Waals surface area (Å²) in [6.07, 6.45) is 2.27. The predicted octanol–water partition coefficient (Wildman–Crippen LogP) is 0.439. The van der Waals surface area contributed by atoms with Gasteiger partial charge < -0.3 is 15.1 Å². The first-order chi connectivity index (χ1) is 8.66. The van der Waals surface area contributed by atoms with Crippen molar-refractivity contribution in [3.8, 4) is 0 Å². The van der Waals surface area contributed by atoms with Gasteiger partial charge in [0.2, 0.25) is 0 Å². The molecule has 2 atom stereocenters. The number of hydrogen-bond acceptors (Lipinski definition) is 4. The van der Waals surface area contributed by atoms with Crippen molar-refractivity contribution in [2.24, 2.45) is 11.8 Å². The molecule has 2 rings (SSSR count). The van der Waals surface area contributed by atoms with Crippen LogP contribution in [-0.2, 0) is 4.79 Å². The van der Waals surface area contributed by atoms with Crippen LogP contribution in [0.3, 0.4) is 0 Å². The van der Waals surface area contributed by atoms with Crippen LogP contribution in [0.25, 0.3) is 0 Å². The van der Waals surface area contributed by atoms with Gasteiger partial charge in [-0.05, 0) is 26.4 Å². The molecule has 4 heteroatoms. The number of hydrogen-bond donors (Lipinski definition) is 1. The molecule has 0 bridgehead atoms. The van der Waals surface area contributed by atoms with E-state index in [2.05, 4.69) is 29.1 Å². The molecule has 1 N–H and O–H groups in total. The van der Waals surface area contributed by atoms with Crippen LogP contribution in [0.15, 0.2) is 0 Å². The van der Waals surface area contributed by atoms with E-state index in [9.17, 15) is 4.79 Å². The van der Waals surface area contributed by atoms with Crippen molar-refractivity contribution in [3.63, 3.8) is 0 Å². The summed E-state index contributed by atoms with van der Waals surface area (Å²) in [5.41, 5.74) is 0. The summed E-state index contributed by atoms with van der Waals surface area (Å²) in [7, 11) is 2.13. The fourth-order valence-electron chi connectivity index (χ4n) is 3.17. The number of ketones is 1. The average molecular weight is 253 g/mol.